The molecular formula is C13H14BrClNS-. The van der Waals surface area contributed by atoms with Crippen molar-refractivity contribution in [3.8, 4) is 10.6 Å². The summed E-state index contributed by atoms with van der Waals surface area (Å²) in [5.74, 6) is 0. The molecule has 2 rings (SSSR count). The summed E-state index contributed by atoms with van der Waals surface area (Å²) in [5.41, 5.74) is 2.38. The molecule has 0 atom stereocenters. The van der Waals surface area contributed by atoms with Crippen LogP contribution in [0, 0.1) is 0 Å². The van der Waals surface area contributed by atoms with Crippen LogP contribution in [0.5, 0.6) is 0 Å². The molecule has 0 fully saturated rings. The highest BCUT2D eigenvalue weighted by Crippen LogP contribution is 2.30. The van der Waals surface area contributed by atoms with Crippen LogP contribution in [0.2, 0.25) is 5.02 Å². The molecule has 1 aromatic heterocycles. The van der Waals surface area contributed by atoms with E-state index in [0.29, 0.717) is 0 Å². The maximum atomic E-state index is 5.86. The lowest BCUT2D eigenvalue weighted by Gasteiger charge is -2.14. The highest BCUT2D eigenvalue weighted by atomic mass is 79.9. The zero-order chi connectivity index (χ0) is 11.8. The lowest BCUT2D eigenvalue weighted by Crippen LogP contribution is -3.00. The number of benzene rings is 1. The first-order chi connectivity index (χ1) is 7.47. The van der Waals surface area contributed by atoms with Crippen molar-refractivity contribution >= 4 is 22.9 Å². The average molecular weight is 332 g/mol. The second-order valence-electron chi connectivity index (χ2n) is 4.79. The minimum atomic E-state index is 0. The number of halogens is 2. The summed E-state index contributed by atoms with van der Waals surface area (Å²) in [6.07, 6.45) is 0. The van der Waals surface area contributed by atoms with Gasteiger partial charge in [-0.1, -0.05) is 44.5 Å². The second-order valence-corrected chi connectivity index (χ2v) is 6.09. The number of nitrogens with zero attached hydrogens (tertiary/aromatic N) is 1. The fraction of sp³-hybridized carbons (Fsp3) is 0.308. The van der Waals surface area contributed by atoms with E-state index in [1.54, 1.807) is 11.3 Å². The topological polar surface area (TPSA) is 12.9 Å². The first-order valence-electron chi connectivity index (χ1n) is 5.19. The molecule has 1 heterocycles. The Labute approximate surface area is 122 Å². The van der Waals surface area contributed by atoms with Gasteiger partial charge in [-0.25, -0.2) is 4.98 Å². The van der Waals surface area contributed by atoms with E-state index in [-0.39, 0.29) is 22.4 Å². The molecule has 1 aromatic carbocycles. The number of aromatic nitrogens is 1. The summed E-state index contributed by atoms with van der Waals surface area (Å²) >= 11 is 7.54. The third-order valence-electron chi connectivity index (χ3n) is 2.36. The van der Waals surface area contributed by atoms with Crippen molar-refractivity contribution in [2.75, 3.05) is 0 Å². The molecule has 0 amide bonds. The molecule has 2 aromatic rings. The van der Waals surface area contributed by atoms with Crippen LogP contribution in [0.1, 0.15) is 26.5 Å². The Hall–Kier alpha value is -0.380. The van der Waals surface area contributed by atoms with E-state index in [4.69, 9.17) is 11.6 Å². The fourth-order valence-corrected chi connectivity index (χ4v) is 2.52. The van der Waals surface area contributed by atoms with Gasteiger partial charge in [0.25, 0.3) is 0 Å². The van der Waals surface area contributed by atoms with Crippen molar-refractivity contribution in [3.05, 3.63) is 40.4 Å². The van der Waals surface area contributed by atoms with Gasteiger partial charge in [-0.05, 0) is 12.1 Å². The van der Waals surface area contributed by atoms with Crippen LogP contribution < -0.4 is 17.0 Å². The highest BCUT2D eigenvalue weighted by Gasteiger charge is 2.17. The zero-order valence-electron chi connectivity index (χ0n) is 10.00. The standard InChI is InChI=1S/C13H14ClNS.BrH/c1-13(2,3)11-8-16-12(15-11)9-4-6-10(14)7-5-9;/h4-8H,1-3H3;1H/p-1. The Balaban J connectivity index is 0.00000144. The third-order valence-corrected chi connectivity index (χ3v) is 3.51. The number of thiazole rings is 1. The summed E-state index contributed by atoms with van der Waals surface area (Å²) in [4.78, 5) is 4.66. The number of rotatable bonds is 1. The lowest BCUT2D eigenvalue weighted by atomic mass is 9.93. The van der Waals surface area contributed by atoms with Crippen molar-refractivity contribution in [1.82, 2.24) is 4.98 Å². The molecule has 4 heteroatoms. The molecule has 0 aliphatic heterocycles. The lowest BCUT2D eigenvalue weighted by molar-refractivity contribution is -0.00000355. The second kappa shape index (κ2) is 5.51. The van der Waals surface area contributed by atoms with E-state index in [1.165, 1.54) is 0 Å². The average Bonchev–Trinajstić information content (AvgIpc) is 2.67. The molecule has 1 nitrogen and oxygen atoms in total. The summed E-state index contributed by atoms with van der Waals surface area (Å²) in [7, 11) is 0. The van der Waals surface area contributed by atoms with Gasteiger partial charge in [0.2, 0.25) is 0 Å². The van der Waals surface area contributed by atoms with Crippen molar-refractivity contribution in [2.45, 2.75) is 26.2 Å². The maximum Gasteiger partial charge on any atom is 0.123 e. The van der Waals surface area contributed by atoms with Gasteiger partial charge >= 0.3 is 0 Å². The Kier molecular flexibility index (Phi) is 4.76. The molecule has 0 radical (unpaired) electrons. The van der Waals surface area contributed by atoms with Gasteiger partial charge in [0.1, 0.15) is 5.01 Å². The van der Waals surface area contributed by atoms with E-state index >= 15 is 0 Å². The Morgan fingerprint density at radius 3 is 2.18 bits per heavy atom. The SMILES string of the molecule is CC(C)(C)c1csc(-c2ccc(Cl)cc2)n1.[Br-]. The van der Waals surface area contributed by atoms with E-state index in [2.05, 4.69) is 31.1 Å². The Morgan fingerprint density at radius 2 is 1.71 bits per heavy atom. The van der Waals surface area contributed by atoms with Gasteiger partial charge in [0.15, 0.2) is 0 Å². The van der Waals surface area contributed by atoms with Crippen LogP contribution in [0.15, 0.2) is 29.6 Å². The molecule has 0 saturated heterocycles. The first kappa shape index (κ1) is 14.7. The first-order valence-corrected chi connectivity index (χ1v) is 6.44. The molecular weight excluding hydrogens is 318 g/mol. The molecule has 92 valence electrons. The van der Waals surface area contributed by atoms with Gasteiger partial charge in [0.05, 0.1) is 5.69 Å². The molecule has 0 spiro atoms. The summed E-state index contributed by atoms with van der Waals surface area (Å²) < 4.78 is 0. The van der Waals surface area contributed by atoms with Crippen molar-refractivity contribution in [2.24, 2.45) is 0 Å². The highest BCUT2D eigenvalue weighted by molar-refractivity contribution is 7.13. The van der Waals surface area contributed by atoms with Gasteiger partial charge in [-0.15, -0.1) is 11.3 Å². The summed E-state index contributed by atoms with van der Waals surface area (Å²) in [5, 5.41) is 3.95. The van der Waals surface area contributed by atoms with E-state index in [9.17, 15) is 0 Å². The van der Waals surface area contributed by atoms with Crippen LogP contribution in [-0.2, 0) is 5.41 Å². The van der Waals surface area contributed by atoms with Gasteiger partial charge < -0.3 is 17.0 Å². The Bertz CT molecular complexity index is 485. The molecule has 17 heavy (non-hydrogen) atoms. The van der Waals surface area contributed by atoms with Crippen LogP contribution in [0.4, 0.5) is 0 Å². The van der Waals surface area contributed by atoms with Crippen molar-refractivity contribution in [3.63, 3.8) is 0 Å². The van der Waals surface area contributed by atoms with Crippen LogP contribution >= 0.6 is 22.9 Å². The van der Waals surface area contributed by atoms with E-state index in [0.717, 1.165) is 21.3 Å². The predicted molar refractivity (Wildman–Crippen MR) is 71.3 cm³/mol. The van der Waals surface area contributed by atoms with Crippen molar-refractivity contribution < 1.29 is 17.0 Å². The minimum absolute atomic E-state index is 0. The number of hydrogen-bond donors (Lipinski definition) is 0. The molecule has 0 aliphatic rings. The molecule has 0 aliphatic carbocycles. The van der Waals surface area contributed by atoms with Crippen molar-refractivity contribution in [1.29, 1.82) is 0 Å². The predicted octanol–water partition coefficient (Wildman–Crippen LogP) is 1.77. The molecule has 0 N–H and O–H groups in total. The third kappa shape index (κ3) is 3.54. The fourth-order valence-electron chi connectivity index (χ4n) is 1.34. The molecule has 0 bridgehead atoms. The maximum absolute atomic E-state index is 5.86. The summed E-state index contributed by atoms with van der Waals surface area (Å²) in [6, 6.07) is 7.81. The Morgan fingerprint density at radius 1 is 1.12 bits per heavy atom. The van der Waals surface area contributed by atoms with Crippen LogP contribution in [0.25, 0.3) is 10.6 Å². The van der Waals surface area contributed by atoms with E-state index in [1.807, 2.05) is 24.3 Å². The van der Waals surface area contributed by atoms with Crippen LogP contribution in [0.3, 0.4) is 0 Å². The smallest absolute Gasteiger partial charge is 0.123 e. The van der Waals surface area contributed by atoms with Gasteiger partial charge in [-0.2, -0.15) is 0 Å². The quantitative estimate of drug-likeness (QED) is 0.776. The minimum Gasteiger partial charge on any atom is -1.00 e. The largest absolute Gasteiger partial charge is 1.00 e. The van der Waals surface area contributed by atoms with Gasteiger partial charge in [-0.3, -0.25) is 0 Å². The van der Waals surface area contributed by atoms with Gasteiger partial charge in [0, 0.05) is 21.4 Å². The molecule has 0 saturated carbocycles. The van der Waals surface area contributed by atoms with Crippen LogP contribution in [-0.4, -0.2) is 4.98 Å². The number of hydrogen-bond acceptors (Lipinski definition) is 2. The monoisotopic (exact) mass is 330 g/mol. The molecule has 0 unspecified atom stereocenters. The summed E-state index contributed by atoms with van der Waals surface area (Å²) in [6.45, 7) is 6.52. The zero-order valence-corrected chi connectivity index (χ0v) is 13.2. The van der Waals surface area contributed by atoms with E-state index < -0.39 is 0 Å². The normalized spacial score (nSPS) is 11.1.